The minimum Gasteiger partial charge on any atom is -0.269 e. The van der Waals surface area contributed by atoms with E-state index in [4.69, 9.17) is 0 Å². The highest BCUT2D eigenvalue weighted by molar-refractivity contribution is 6.13. The number of hydrogen-bond donors (Lipinski definition) is 0. The van der Waals surface area contributed by atoms with Gasteiger partial charge < -0.3 is 0 Å². The summed E-state index contributed by atoms with van der Waals surface area (Å²) in [4.78, 5) is 26.8. The molecule has 2 amide bonds. The van der Waals surface area contributed by atoms with E-state index in [0.29, 0.717) is 5.92 Å². The highest BCUT2D eigenvalue weighted by Crippen LogP contribution is 2.47. The monoisotopic (exact) mass is 381 g/mol. The standard InChI is InChI=1S/C25H35NO2/c1-4-7-10-18-13-14-19(11-8-5-2)24-21(18)17-20(12-9-6-3)25(24)26-22(27)15-16-23(26)28/h13-16,20,25H,4-12,17H2,1-3H3/t20-,25-/m0/s1. The Hall–Kier alpha value is -1.90. The first-order valence-electron chi connectivity index (χ1n) is 11.3. The van der Waals surface area contributed by atoms with E-state index in [0.717, 1.165) is 51.4 Å². The van der Waals surface area contributed by atoms with E-state index in [1.54, 1.807) is 4.90 Å². The molecule has 0 N–H and O–H groups in total. The van der Waals surface area contributed by atoms with Gasteiger partial charge in [0.05, 0.1) is 6.04 Å². The Bertz CT molecular complexity index is 731. The second kappa shape index (κ2) is 9.54. The Balaban J connectivity index is 2.06. The largest absolute Gasteiger partial charge is 0.269 e. The highest BCUT2D eigenvalue weighted by Gasteiger charge is 2.43. The summed E-state index contributed by atoms with van der Waals surface area (Å²) in [5.74, 6) is 0.0837. The maximum atomic E-state index is 12.6. The van der Waals surface area contributed by atoms with E-state index in [2.05, 4.69) is 32.9 Å². The van der Waals surface area contributed by atoms with Crippen LogP contribution in [0.3, 0.4) is 0 Å². The lowest BCUT2D eigenvalue weighted by atomic mass is 9.89. The molecule has 0 bridgehead atoms. The molecule has 1 aromatic carbocycles. The molecule has 0 spiro atoms. The van der Waals surface area contributed by atoms with Crippen LogP contribution in [0.4, 0.5) is 0 Å². The van der Waals surface area contributed by atoms with E-state index < -0.39 is 0 Å². The van der Waals surface area contributed by atoms with Crippen molar-refractivity contribution in [1.29, 1.82) is 0 Å². The van der Waals surface area contributed by atoms with Crippen molar-refractivity contribution in [1.82, 2.24) is 4.90 Å². The molecule has 0 saturated carbocycles. The highest BCUT2D eigenvalue weighted by atomic mass is 16.2. The maximum Gasteiger partial charge on any atom is 0.254 e. The lowest BCUT2D eigenvalue weighted by Crippen LogP contribution is -2.37. The Morgan fingerprint density at radius 1 is 0.857 bits per heavy atom. The van der Waals surface area contributed by atoms with Crippen molar-refractivity contribution in [2.45, 2.75) is 91.0 Å². The van der Waals surface area contributed by atoms with Crippen LogP contribution in [0, 0.1) is 5.92 Å². The van der Waals surface area contributed by atoms with Crippen molar-refractivity contribution in [3.05, 3.63) is 46.5 Å². The molecule has 0 aromatic heterocycles. The predicted octanol–water partition coefficient (Wildman–Crippen LogP) is 5.70. The van der Waals surface area contributed by atoms with Gasteiger partial charge in [-0.2, -0.15) is 0 Å². The molecule has 2 atom stereocenters. The number of unbranched alkanes of at least 4 members (excludes halogenated alkanes) is 3. The van der Waals surface area contributed by atoms with Gasteiger partial charge in [-0.3, -0.25) is 14.5 Å². The molecule has 1 aliphatic carbocycles. The molecule has 3 heteroatoms. The van der Waals surface area contributed by atoms with Crippen LogP contribution in [-0.4, -0.2) is 16.7 Å². The Kier molecular flexibility index (Phi) is 7.09. The minimum absolute atomic E-state index is 0.0787. The van der Waals surface area contributed by atoms with E-state index >= 15 is 0 Å². The summed E-state index contributed by atoms with van der Waals surface area (Å²) in [5, 5.41) is 0. The summed E-state index contributed by atoms with van der Waals surface area (Å²) in [6.45, 7) is 6.66. The number of rotatable bonds is 10. The first-order valence-corrected chi connectivity index (χ1v) is 11.3. The van der Waals surface area contributed by atoms with Crippen molar-refractivity contribution >= 4 is 11.8 Å². The van der Waals surface area contributed by atoms with Gasteiger partial charge in [0.1, 0.15) is 0 Å². The first kappa shape index (κ1) is 20.8. The number of carbonyl (C=O) groups is 2. The number of aryl methyl sites for hydroxylation is 2. The van der Waals surface area contributed by atoms with Gasteiger partial charge >= 0.3 is 0 Å². The zero-order chi connectivity index (χ0) is 20.1. The molecule has 0 unspecified atom stereocenters. The number of carbonyl (C=O) groups excluding carboxylic acids is 2. The SMILES string of the molecule is CCCCc1ccc(CCCC)c2c1C[C@H](CCCC)[C@@H]2N1C(=O)C=CC1=O. The summed E-state index contributed by atoms with van der Waals surface area (Å²) >= 11 is 0. The molecular formula is C25H35NO2. The summed E-state index contributed by atoms with van der Waals surface area (Å²) < 4.78 is 0. The molecule has 2 aliphatic rings. The third-order valence-electron chi connectivity index (χ3n) is 6.40. The summed E-state index contributed by atoms with van der Waals surface area (Å²) in [6, 6.07) is 4.53. The number of nitrogens with zero attached hydrogens (tertiary/aromatic N) is 1. The van der Waals surface area contributed by atoms with E-state index in [9.17, 15) is 9.59 Å². The van der Waals surface area contributed by atoms with Gasteiger partial charge in [0.25, 0.3) is 11.8 Å². The Morgan fingerprint density at radius 3 is 2.04 bits per heavy atom. The second-order valence-electron chi connectivity index (χ2n) is 8.41. The quantitative estimate of drug-likeness (QED) is 0.488. The molecular weight excluding hydrogens is 346 g/mol. The van der Waals surface area contributed by atoms with Crippen molar-refractivity contribution in [3.8, 4) is 0 Å². The van der Waals surface area contributed by atoms with Crippen LogP contribution in [0.5, 0.6) is 0 Å². The maximum absolute atomic E-state index is 12.6. The molecule has 1 heterocycles. The fourth-order valence-electron chi connectivity index (χ4n) is 4.92. The molecule has 28 heavy (non-hydrogen) atoms. The molecule has 1 aromatic rings. The van der Waals surface area contributed by atoms with Crippen molar-refractivity contribution in [3.63, 3.8) is 0 Å². The normalized spacial score (nSPS) is 21.0. The van der Waals surface area contributed by atoms with Crippen molar-refractivity contribution in [2.24, 2.45) is 5.92 Å². The summed E-state index contributed by atoms with van der Waals surface area (Å²) in [6.07, 6.45) is 14.1. The summed E-state index contributed by atoms with van der Waals surface area (Å²) in [5.41, 5.74) is 5.55. The zero-order valence-corrected chi connectivity index (χ0v) is 17.8. The number of benzene rings is 1. The Morgan fingerprint density at radius 2 is 1.43 bits per heavy atom. The van der Waals surface area contributed by atoms with Crippen LogP contribution >= 0.6 is 0 Å². The van der Waals surface area contributed by atoms with Gasteiger partial charge in [-0.25, -0.2) is 0 Å². The number of amides is 2. The van der Waals surface area contributed by atoms with Gasteiger partial charge in [0.15, 0.2) is 0 Å². The predicted molar refractivity (Wildman–Crippen MR) is 114 cm³/mol. The van der Waals surface area contributed by atoms with E-state index in [1.807, 2.05) is 0 Å². The Labute approximate surface area is 170 Å². The van der Waals surface area contributed by atoms with Crippen LogP contribution in [0.1, 0.15) is 94.0 Å². The van der Waals surface area contributed by atoms with E-state index in [-0.39, 0.29) is 17.9 Å². The lowest BCUT2D eigenvalue weighted by Gasteiger charge is -2.30. The van der Waals surface area contributed by atoms with Gasteiger partial charge in [-0.05, 0) is 66.7 Å². The topological polar surface area (TPSA) is 37.4 Å². The van der Waals surface area contributed by atoms with Crippen LogP contribution in [-0.2, 0) is 28.9 Å². The van der Waals surface area contributed by atoms with Crippen molar-refractivity contribution < 1.29 is 9.59 Å². The van der Waals surface area contributed by atoms with Gasteiger partial charge in [0.2, 0.25) is 0 Å². The molecule has 0 radical (unpaired) electrons. The first-order chi connectivity index (χ1) is 13.6. The minimum atomic E-state index is -0.134. The molecule has 0 fully saturated rings. The fourth-order valence-corrected chi connectivity index (χ4v) is 4.92. The van der Waals surface area contributed by atoms with Gasteiger partial charge in [0, 0.05) is 12.2 Å². The number of hydrogen-bond acceptors (Lipinski definition) is 2. The zero-order valence-electron chi connectivity index (χ0n) is 17.8. The van der Waals surface area contributed by atoms with Gasteiger partial charge in [-0.15, -0.1) is 0 Å². The molecule has 3 nitrogen and oxygen atoms in total. The fraction of sp³-hybridized carbons (Fsp3) is 0.600. The van der Waals surface area contributed by atoms with Crippen LogP contribution in [0.15, 0.2) is 24.3 Å². The molecule has 1 aliphatic heterocycles. The molecule has 0 saturated heterocycles. The molecule has 152 valence electrons. The van der Waals surface area contributed by atoms with Crippen LogP contribution < -0.4 is 0 Å². The van der Waals surface area contributed by atoms with Crippen LogP contribution in [0.25, 0.3) is 0 Å². The van der Waals surface area contributed by atoms with E-state index in [1.165, 1.54) is 47.2 Å². The smallest absolute Gasteiger partial charge is 0.254 e. The number of imide groups is 1. The molecule has 3 rings (SSSR count). The third-order valence-corrected chi connectivity index (χ3v) is 6.40. The third kappa shape index (κ3) is 4.09. The average molecular weight is 382 g/mol. The average Bonchev–Trinajstić information content (AvgIpc) is 3.23. The van der Waals surface area contributed by atoms with Crippen LogP contribution in [0.2, 0.25) is 0 Å². The van der Waals surface area contributed by atoms with Gasteiger partial charge in [-0.1, -0.05) is 58.6 Å². The number of fused-ring (bicyclic) bond motifs is 1. The summed E-state index contributed by atoms with van der Waals surface area (Å²) in [7, 11) is 0. The second-order valence-corrected chi connectivity index (χ2v) is 8.41. The van der Waals surface area contributed by atoms with Crippen molar-refractivity contribution in [2.75, 3.05) is 0 Å². The lowest BCUT2D eigenvalue weighted by molar-refractivity contribution is -0.140.